The highest BCUT2D eigenvalue weighted by Gasteiger charge is 2.22. The smallest absolute Gasteiger partial charge is 0.146 e. The number of benzene rings is 1. The Morgan fingerprint density at radius 3 is 3.14 bits per heavy atom. The molecule has 2 unspecified atom stereocenters. The third-order valence-electron chi connectivity index (χ3n) is 4.44. The minimum Gasteiger partial charge on any atom is -0.316 e. The van der Waals surface area contributed by atoms with Gasteiger partial charge in [0.1, 0.15) is 10.7 Å². The van der Waals surface area contributed by atoms with Crippen LogP contribution in [0.25, 0.3) is 20.9 Å². The summed E-state index contributed by atoms with van der Waals surface area (Å²) < 4.78 is 3.17. The molecule has 0 spiro atoms. The molecule has 1 aromatic carbocycles. The monoisotopic (exact) mass is 313 g/mol. The maximum absolute atomic E-state index is 4.65. The van der Waals surface area contributed by atoms with Crippen molar-refractivity contribution in [3.63, 3.8) is 0 Å². The maximum Gasteiger partial charge on any atom is 0.146 e. The predicted molar refractivity (Wildman–Crippen MR) is 88.8 cm³/mol. The van der Waals surface area contributed by atoms with Crippen LogP contribution in [0.1, 0.15) is 13.3 Å². The van der Waals surface area contributed by atoms with E-state index in [0.29, 0.717) is 11.8 Å². The Morgan fingerprint density at radius 2 is 2.27 bits per heavy atom. The second kappa shape index (κ2) is 5.78. The Balaban J connectivity index is 1.55. The van der Waals surface area contributed by atoms with Crippen molar-refractivity contribution in [2.75, 3.05) is 13.1 Å². The van der Waals surface area contributed by atoms with E-state index in [0.717, 1.165) is 35.9 Å². The molecule has 1 saturated heterocycles. The molecule has 0 amide bonds. The molecule has 4 rings (SSSR count). The first-order valence-electron chi connectivity index (χ1n) is 7.76. The zero-order valence-electron chi connectivity index (χ0n) is 12.6. The van der Waals surface area contributed by atoms with Crippen molar-refractivity contribution >= 4 is 21.6 Å². The van der Waals surface area contributed by atoms with Gasteiger partial charge in [0.05, 0.1) is 16.4 Å². The molecule has 22 heavy (non-hydrogen) atoms. The molecule has 1 fully saturated rings. The first-order valence-corrected chi connectivity index (χ1v) is 8.58. The van der Waals surface area contributed by atoms with E-state index in [1.807, 2.05) is 29.1 Å². The quantitative estimate of drug-likeness (QED) is 0.808. The number of thiazole rings is 1. The van der Waals surface area contributed by atoms with E-state index in [-0.39, 0.29) is 0 Å². The molecule has 3 heterocycles. The molecule has 1 N–H and O–H groups in total. The summed E-state index contributed by atoms with van der Waals surface area (Å²) in [4.78, 5) is 4.65. The summed E-state index contributed by atoms with van der Waals surface area (Å²) in [6, 6.07) is 8.19. The van der Waals surface area contributed by atoms with Crippen molar-refractivity contribution in [1.82, 2.24) is 25.3 Å². The Labute approximate surface area is 133 Å². The van der Waals surface area contributed by atoms with Crippen LogP contribution < -0.4 is 5.32 Å². The summed E-state index contributed by atoms with van der Waals surface area (Å²) in [5, 5.41) is 13.0. The van der Waals surface area contributed by atoms with Crippen LogP contribution >= 0.6 is 11.3 Å². The van der Waals surface area contributed by atoms with Crippen molar-refractivity contribution < 1.29 is 0 Å². The highest BCUT2D eigenvalue weighted by atomic mass is 32.1. The minimum absolute atomic E-state index is 0.672. The van der Waals surface area contributed by atoms with Gasteiger partial charge in [0.25, 0.3) is 0 Å². The number of nitrogens with zero attached hydrogens (tertiary/aromatic N) is 4. The van der Waals surface area contributed by atoms with Crippen molar-refractivity contribution in [1.29, 1.82) is 0 Å². The van der Waals surface area contributed by atoms with Gasteiger partial charge < -0.3 is 5.32 Å². The molecule has 114 valence electrons. The van der Waals surface area contributed by atoms with E-state index in [9.17, 15) is 0 Å². The van der Waals surface area contributed by atoms with Crippen LogP contribution in [0.5, 0.6) is 0 Å². The number of piperidine rings is 1. The van der Waals surface area contributed by atoms with Crippen LogP contribution in [0.15, 0.2) is 30.5 Å². The standard InChI is InChI=1S/C16H19N5S/c1-11-8-17-7-6-12(11)9-21-10-14(19-20-21)16-18-13-4-2-3-5-15(13)22-16/h2-5,10-12,17H,6-9H2,1H3. The number of hydrogen-bond acceptors (Lipinski definition) is 5. The molecule has 0 aliphatic carbocycles. The number of rotatable bonds is 3. The Morgan fingerprint density at radius 1 is 1.36 bits per heavy atom. The number of para-hydroxylation sites is 1. The van der Waals surface area contributed by atoms with Gasteiger partial charge in [-0.25, -0.2) is 4.98 Å². The third-order valence-corrected chi connectivity index (χ3v) is 5.50. The molecule has 2 aromatic heterocycles. The zero-order chi connectivity index (χ0) is 14.9. The van der Waals surface area contributed by atoms with Crippen LogP contribution in [0, 0.1) is 11.8 Å². The first-order chi connectivity index (χ1) is 10.8. The average molecular weight is 313 g/mol. The predicted octanol–water partition coefficient (Wildman–Crippen LogP) is 2.80. The van der Waals surface area contributed by atoms with Gasteiger partial charge in [-0.2, -0.15) is 0 Å². The minimum atomic E-state index is 0.672. The van der Waals surface area contributed by atoms with Gasteiger partial charge >= 0.3 is 0 Å². The summed E-state index contributed by atoms with van der Waals surface area (Å²) in [6.07, 6.45) is 3.24. The normalized spacial score (nSPS) is 22.2. The van der Waals surface area contributed by atoms with E-state index in [1.165, 1.54) is 11.1 Å². The largest absolute Gasteiger partial charge is 0.316 e. The first kappa shape index (κ1) is 13.8. The number of hydrogen-bond donors (Lipinski definition) is 1. The van der Waals surface area contributed by atoms with Gasteiger partial charge in [-0.3, -0.25) is 4.68 Å². The molecule has 2 atom stereocenters. The van der Waals surface area contributed by atoms with Crippen molar-refractivity contribution in [2.24, 2.45) is 11.8 Å². The molecular weight excluding hydrogens is 294 g/mol. The van der Waals surface area contributed by atoms with E-state index in [2.05, 4.69) is 33.6 Å². The van der Waals surface area contributed by atoms with E-state index >= 15 is 0 Å². The zero-order valence-corrected chi connectivity index (χ0v) is 13.4. The summed E-state index contributed by atoms with van der Waals surface area (Å²) in [7, 11) is 0. The molecule has 0 bridgehead atoms. The van der Waals surface area contributed by atoms with Gasteiger partial charge in [-0.05, 0) is 43.5 Å². The van der Waals surface area contributed by atoms with Crippen molar-refractivity contribution in [2.45, 2.75) is 19.9 Å². The number of nitrogens with one attached hydrogen (secondary N) is 1. The molecule has 0 saturated carbocycles. The van der Waals surface area contributed by atoms with Crippen molar-refractivity contribution in [3.8, 4) is 10.7 Å². The Bertz CT molecular complexity index is 745. The molecule has 1 aliphatic heterocycles. The summed E-state index contributed by atoms with van der Waals surface area (Å²) in [5.41, 5.74) is 1.91. The van der Waals surface area contributed by atoms with Crippen LogP contribution in [0.2, 0.25) is 0 Å². The van der Waals surface area contributed by atoms with Gasteiger partial charge in [-0.1, -0.05) is 24.3 Å². The lowest BCUT2D eigenvalue weighted by molar-refractivity contribution is 0.235. The fourth-order valence-electron chi connectivity index (χ4n) is 3.05. The topological polar surface area (TPSA) is 55.6 Å². The highest BCUT2D eigenvalue weighted by Crippen LogP contribution is 2.29. The third kappa shape index (κ3) is 2.64. The summed E-state index contributed by atoms with van der Waals surface area (Å²) >= 11 is 1.67. The van der Waals surface area contributed by atoms with E-state index in [4.69, 9.17) is 0 Å². The fraction of sp³-hybridized carbons (Fsp3) is 0.438. The van der Waals surface area contributed by atoms with E-state index < -0.39 is 0 Å². The lowest BCUT2D eigenvalue weighted by Crippen LogP contribution is -2.37. The van der Waals surface area contributed by atoms with Crippen LogP contribution in [0.4, 0.5) is 0 Å². The molecule has 6 heteroatoms. The SMILES string of the molecule is CC1CNCCC1Cn1cc(-c2nc3ccccc3s2)nn1. The van der Waals surface area contributed by atoms with Crippen LogP contribution in [-0.4, -0.2) is 33.1 Å². The molecule has 3 aromatic rings. The lowest BCUT2D eigenvalue weighted by atomic mass is 9.88. The maximum atomic E-state index is 4.65. The second-order valence-electron chi connectivity index (χ2n) is 6.04. The summed E-state index contributed by atoms with van der Waals surface area (Å²) in [5.74, 6) is 1.36. The molecule has 5 nitrogen and oxygen atoms in total. The average Bonchev–Trinajstić information content (AvgIpc) is 3.15. The lowest BCUT2D eigenvalue weighted by Gasteiger charge is -2.29. The molecule has 1 aliphatic rings. The molecular formula is C16H19N5S. The number of aromatic nitrogens is 4. The molecule has 0 radical (unpaired) electrons. The number of fused-ring (bicyclic) bond motifs is 1. The van der Waals surface area contributed by atoms with Crippen LogP contribution in [-0.2, 0) is 6.54 Å². The van der Waals surface area contributed by atoms with Gasteiger partial charge in [0.2, 0.25) is 0 Å². The van der Waals surface area contributed by atoms with Crippen LogP contribution in [0.3, 0.4) is 0 Å². The van der Waals surface area contributed by atoms with Crippen molar-refractivity contribution in [3.05, 3.63) is 30.5 Å². The van der Waals surface area contributed by atoms with Gasteiger partial charge in [-0.15, -0.1) is 16.4 Å². The Kier molecular flexibility index (Phi) is 3.63. The van der Waals surface area contributed by atoms with Gasteiger partial charge in [0, 0.05) is 6.54 Å². The second-order valence-corrected chi connectivity index (χ2v) is 7.07. The Hall–Kier alpha value is -1.79. The fourth-order valence-corrected chi connectivity index (χ4v) is 3.96. The van der Waals surface area contributed by atoms with E-state index in [1.54, 1.807) is 11.3 Å². The summed E-state index contributed by atoms with van der Waals surface area (Å²) in [6.45, 7) is 5.46. The highest BCUT2D eigenvalue weighted by molar-refractivity contribution is 7.21. The van der Waals surface area contributed by atoms with Gasteiger partial charge in [0.15, 0.2) is 0 Å².